The number of hydrogen-bond acceptors (Lipinski definition) is 4. The molecule has 0 bridgehead atoms. The van der Waals surface area contributed by atoms with E-state index in [0.29, 0.717) is 6.61 Å². The highest BCUT2D eigenvalue weighted by molar-refractivity contribution is 6.30. The summed E-state index contributed by atoms with van der Waals surface area (Å²) in [5.74, 6) is 0. The highest BCUT2D eigenvalue weighted by atomic mass is 35.5. The van der Waals surface area contributed by atoms with E-state index >= 15 is 0 Å². The van der Waals surface area contributed by atoms with Crippen LogP contribution in [-0.4, -0.2) is 61.9 Å². The van der Waals surface area contributed by atoms with Crippen LogP contribution in [0.15, 0.2) is 35.0 Å². The van der Waals surface area contributed by atoms with E-state index in [1.807, 2.05) is 18.2 Å². The summed E-state index contributed by atoms with van der Waals surface area (Å²) in [5.41, 5.74) is 3.53. The number of piperazine rings is 1. The lowest BCUT2D eigenvalue weighted by Gasteiger charge is -2.32. The minimum atomic E-state index is 0.695. The Morgan fingerprint density at radius 1 is 1.15 bits per heavy atom. The quantitative estimate of drug-likeness (QED) is 0.548. The minimum Gasteiger partial charge on any atom is -0.396 e. The first-order valence-corrected chi connectivity index (χ1v) is 10.1. The summed E-state index contributed by atoms with van der Waals surface area (Å²) in [6.07, 6.45) is 7.72. The van der Waals surface area contributed by atoms with Crippen LogP contribution in [0, 0.1) is 0 Å². The van der Waals surface area contributed by atoms with Gasteiger partial charge in [-0.25, -0.2) is 0 Å². The lowest BCUT2D eigenvalue weighted by Crippen LogP contribution is -2.44. The summed E-state index contributed by atoms with van der Waals surface area (Å²) < 4.78 is 0. The first kappa shape index (κ1) is 19.4. The van der Waals surface area contributed by atoms with Gasteiger partial charge in [0.15, 0.2) is 0 Å². The van der Waals surface area contributed by atoms with Crippen molar-refractivity contribution in [3.05, 3.63) is 40.4 Å². The molecule has 1 aromatic rings. The van der Waals surface area contributed by atoms with Crippen LogP contribution in [0.2, 0.25) is 5.02 Å². The Bertz CT molecular complexity index is 636. The van der Waals surface area contributed by atoms with Crippen LogP contribution < -0.4 is 0 Å². The molecular weight excluding hydrogens is 346 g/mol. The van der Waals surface area contributed by atoms with E-state index in [-0.39, 0.29) is 0 Å². The number of allylic oxidation sites excluding steroid dienone is 1. The number of hydrogen-bond donors (Lipinski definition) is 0. The van der Waals surface area contributed by atoms with E-state index in [2.05, 4.69) is 34.1 Å². The summed E-state index contributed by atoms with van der Waals surface area (Å²) in [5, 5.41) is 5.24. The molecule has 0 N–H and O–H groups in total. The van der Waals surface area contributed by atoms with Crippen molar-refractivity contribution in [2.24, 2.45) is 5.16 Å². The average Bonchev–Trinajstić information content (AvgIpc) is 2.64. The Morgan fingerprint density at radius 3 is 2.77 bits per heavy atom. The molecule has 2 fully saturated rings. The fraction of sp³-hybridized carbons (Fsp3) is 0.571. The van der Waals surface area contributed by atoms with Crippen LogP contribution in [0.5, 0.6) is 0 Å². The van der Waals surface area contributed by atoms with Gasteiger partial charge in [0.25, 0.3) is 0 Å². The fourth-order valence-corrected chi connectivity index (χ4v) is 3.72. The summed E-state index contributed by atoms with van der Waals surface area (Å²) in [6, 6.07) is 7.98. The molecule has 26 heavy (non-hydrogen) atoms. The zero-order chi connectivity index (χ0) is 18.2. The van der Waals surface area contributed by atoms with Gasteiger partial charge in [-0.2, -0.15) is 0 Å². The van der Waals surface area contributed by atoms with Crippen molar-refractivity contribution < 1.29 is 4.84 Å². The molecule has 5 heteroatoms. The Balaban J connectivity index is 1.48. The van der Waals surface area contributed by atoms with Gasteiger partial charge in [0.05, 0.1) is 5.71 Å². The molecule has 2 aliphatic rings. The van der Waals surface area contributed by atoms with Crippen LogP contribution in [0.1, 0.15) is 37.7 Å². The van der Waals surface area contributed by atoms with E-state index in [9.17, 15) is 0 Å². The molecule has 0 radical (unpaired) electrons. The van der Waals surface area contributed by atoms with Crippen molar-refractivity contribution in [2.45, 2.75) is 32.1 Å². The van der Waals surface area contributed by atoms with Crippen LogP contribution in [0.25, 0.3) is 6.08 Å². The molecule has 0 aromatic heterocycles. The first-order chi connectivity index (χ1) is 12.7. The zero-order valence-electron chi connectivity index (χ0n) is 15.8. The Hall–Kier alpha value is -1.36. The van der Waals surface area contributed by atoms with E-state index in [0.717, 1.165) is 55.2 Å². The van der Waals surface area contributed by atoms with Gasteiger partial charge in [-0.15, -0.1) is 0 Å². The maximum Gasteiger partial charge on any atom is 0.118 e. The summed E-state index contributed by atoms with van der Waals surface area (Å²) >= 11 is 6.10. The normalized spacial score (nSPS) is 22.8. The van der Waals surface area contributed by atoms with Crippen molar-refractivity contribution in [1.29, 1.82) is 0 Å². The number of likely N-dealkylation sites (N-methyl/N-ethyl adjacent to an activating group) is 1. The molecule has 0 amide bonds. The molecule has 0 spiro atoms. The maximum absolute atomic E-state index is 6.10. The van der Waals surface area contributed by atoms with E-state index < -0.39 is 0 Å². The number of rotatable bonds is 6. The highest BCUT2D eigenvalue weighted by Crippen LogP contribution is 2.24. The summed E-state index contributed by atoms with van der Waals surface area (Å²) in [7, 11) is 2.19. The van der Waals surface area contributed by atoms with Crippen LogP contribution in [0.4, 0.5) is 0 Å². The second-order valence-corrected chi connectivity index (χ2v) is 7.74. The molecule has 1 saturated carbocycles. The molecule has 0 atom stereocenters. The van der Waals surface area contributed by atoms with E-state index in [4.69, 9.17) is 16.4 Å². The number of benzene rings is 1. The SMILES string of the molecule is CN1CCN(CCCON=C2CCCCC2=Cc2cccc(Cl)c2)CC1. The molecule has 1 heterocycles. The van der Waals surface area contributed by atoms with Crippen LogP contribution in [-0.2, 0) is 4.84 Å². The predicted octanol–water partition coefficient (Wildman–Crippen LogP) is 4.31. The van der Waals surface area contributed by atoms with Crippen molar-refractivity contribution in [2.75, 3.05) is 46.4 Å². The molecule has 1 aliphatic carbocycles. The number of oxime groups is 1. The summed E-state index contributed by atoms with van der Waals surface area (Å²) in [6.45, 7) is 6.46. The molecule has 142 valence electrons. The monoisotopic (exact) mass is 375 g/mol. The van der Waals surface area contributed by atoms with Gasteiger partial charge >= 0.3 is 0 Å². The minimum absolute atomic E-state index is 0.695. The van der Waals surface area contributed by atoms with E-state index in [1.165, 1.54) is 31.5 Å². The topological polar surface area (TPSA) is 28.1 Å². The third-order valence-electron chi connectivity index (χ3n) is 5.15. The van der Waals surface area contributed by atoms with Gasteiger partial charge in [0.1, 0.15) is 6.61 Å². The number of nitrogens with zero attached hydrogens (tertiary/aromatic N) is 3. The maximum atomic E-state index is 6.10. The molecule has 1 aromatic carbocycles. The molecule has 0 unspecified atom stereocenters. The standard InChI is InChI=1S/C21H30ClN3O/c1-24-11-13-25(14-12-24)10-5-15-26-23-21-9-3-2-7-19(21)16-18-6-4-8-20(22)17-18/h4,6,8,16-17H,2-3,5,7,9-15H2,1H3. The van der Waals surface area contributed by atoms with Gasteiger partial charge in [-0.3, -0.25) is 0 Å². The smallest absolute Gasteiger partial charge is 0.118 e. The van der Waals surface area contributed by atoms with Crippen molar-refractivity contribution in [3.8, 4) is 0 Å². The van der Waals surface area contributed by atoms with Gasteiger partial charge in [0, 0.05) is 37.7 Å². The first-order valence-electron chi connectivity index (χ1n) is 9.77. The molecule has 4 nitrogen and oxygen atoms in total. The third-order valence-corrected chi connectivity index (χ3v) is 5.39. The van der Waals surface area contributed by atoms with Crippen molar-refractivity contribution in [1.82, 2.24) is 9.80 Å². The molecule has 3 rings (SSSR count). The van der Waals surface area contributed by atoms with Crippen LogP contribution in [0.3, 0.4) is 0 Å². The number of halogens is 1. The molecule has 1 aliphatic heterocycles. The molecular formula is C21H30ClN3O. The van der Waals surface area contributed by atoms with Gasteiger partial charge in [-0.05, 0) is 68.5 Å². The highest BCUT2D eigenvalue weighted by Gasteiger charge is 2.15. The molecule has 1 saturated heterocycles. The Kier molecular flexibility index (Phi) is 7.54. The largest absolute Gasteiger partial charge is 0.396 e. The van der Waals surface area contributed by atoms with Crippen molar-refractivity contribution in [3.63, 3.8) is 0 Å². The summed E-state index contributed by atoms with van der Waals surface area (Å²) in [4.78, 5) is 10.6. The van der Waals surface area contributed by atoms with Crippen LogP contribution >= 0.6 is 11.6 Å². The van der Waals surface area contributed by atoms with Crippen molar-refractivity contribution >= 4 is 23.4 Å². The zero-order valence-corrected chi connectivity index (χ0v) is 16.5. The van der Waals surface area contributed by atoms with Gasteiger partial charge < -0.3 is 14.6 Å². The lowest BCUT2D eigenvalue weighted by molar-refractivity contribution is 0.110. The average molecular weight is 376 g/mol. The lowest BCUT2D eigenvalue weighted by atomic mass is 9.91. The van der Waals surface area contributed by atoms with E-state index in [1.54, 1.807) is 0 Å². The second kappa shape index (κ2) is 10.1. The third kappa shape index (κ3) is 6.11. The fourth-order valence-electron chi connectivity index (χ4n) is 3.52. The van der Waals surface area contributed by atoms with Gasteiger partial charge in [-0.1, -0.05) is 28.9 Å². The Labute approximate surface area is 162 Å². The Morgan fingerprint density at radius 2 is 1.96 bits per heavy atom. The van der Waals surface area contributed by atoms with Gasteiger partial charge in [0.2, 0.25) is 0 Å². The predicted molar refractivity (Wildman–Crippen MR) is 110 cm³/mol. The second-order valence-electron chi connectivity index (χ2n) is 7.30.